The van der Waals surface area contributed by atoms with Crippen LogP contribution < -0.4 is 10.1 Å². The largest absolute Gasteiger partial charge is 0.481 e. The molecule has 1 aliphatic carbocycles. The quantitative estimate of drug-likeness (QED) is 0.869. The SMILES string of the molecule is C[C@@H](Oc1ccc(Cl)cc1)C(=O)N[C@H](C)c1ccc2c(c1)CCC2. The molecule has 126 valence electrons. The second-order valence-corrected chi connectivity index (χ2v) is 6.76. The molecule has 0 fully saturated rings. The third kappa shape index (κ3) is 3.90. The lowest BCUT2D eigenvalue weighted by molar-refractivity contribution is -0.127. The molecule has 3 rings (SSSR count). The van der Waals surface area contributed by atoms with E-state index in [0.29, 0.717) is 10.8 Å². The van der Waals surface area contributed by atoms with E-state index in [1.807, 2.05) is 6.92 Å². The van der Waals surface area contributed by atoms with Gasteiger partial charge >= 0.3 is 0 Å². The van der Waals surface area contributed by atoms with Gasteiger partial charge in [0.1, 0.15) is 5.75 Å². The molecule has 0 bridgehead atoms. The third-order valence-electron chi connectivity index (χ3n) is 4.48. The van der Waals surface area contributed by atoms with Crippen LogP contribution in [0.3, 0.4) is 0 Å². The number of carbonyl (C=O) groups excluding carboxylic acids is 1. The first-order valence-electron chi connectivity index (χ1n) is 8.37. The first-order valence-corrected chi connectivity index (χ1v) is 8.75. The monoisotopic (exact) mass is 343 g/mol. The van der Waals surface area contributed by atoms with Crippen molar-refractivity contribution in [1.82, 2.24) is 5.32 Å². The van der Waals surface area contributed by atoms with Gasteiger partial charge < -0.3 is 10.1 Å². The second-order valence-electron chi connectivity index (χ2n) is 6.33. The van der Waals surface area contributed by atoms with Gasteiger partial charge in [-0.2, -0.15) is 0 Å². The number of hydrogen-bond donors (Lipinski definition) is 1. The molecule has 4 heteroatoms. The molecule has 1 N–H and O–H groups in total. The molecule has 2 aromatic carbocycles. The molecule has 0 saturated carbocycles. The lowest BCUT2D eigenvalue weighted by atomic mass is 10.0. The van der Waals surface area contributed by atoms with Crippen LogP contribution in [0.25, 0.3) is 0 Å². The predicted molar refractivity (Wildman–Crippen MR) is 96.6 cm³/mol. The van der Waals surface area contributed by atoms with E-state index in [2.05, 4.69) is 23.5 Å². The summed E-state index contributed by atoms with van der Waals surface area (Å²) >= 11 is 5.85. The lowest BCUT2D eigenvalue weighted by Crippen LogP contribution is -2.37. The molecule has 0 radical (unpaired) electrons. The summed E-state index contributed by atoms with van der Waals surface area (Å²) in [6, 6.07) is 13.5. The van der Waals surface area contributed by atoms with Crippen LogP contribution in [0, 0.1) is 0 Å². The number of rotatable bonds is 5. The molecule has 1 amide bonds. The highest BCUT2D eigenvalue weighted by Gasteiger charge is 2.19. The van der Waals surface area contributed by atoms with Crippen LogP contribution in [0.4, 0.5) is 0 Å². The molecule has 0 saturated heterocycles. The van der Waals surface area contributed by atoms with E-state index in [1.54, 1.807) is 31.2 Å². The number of hydrogen-bond acceptors (Lipinski definition) is 2. The van der Waals surface area contributed by atoms with Crippen LogP contribution in [-0.4, -0.2) is 12.0 Å². The maximum atomic E-state index is 12.4. The van der Waals surface area contributed by atoms with Crippen molar-refractivity contribution in [1.29, 1.82) is 0 Å². The fourth-order valence-corrected chi connectivity index (χ4v) is 3.17. The van der Waals surface area contributed by atoms with Crippen LogP contribution in [0.2, 0.25) is 5.02 Å². The summed E-state index contributed by atoms with van der Waals surface area (Å²) in [5.74, 6) is 0.505. The van der Waals surface area contributed by atoms with Crippen LogP contribution >= 0.6 is 11.6 Å². The Bertz CT molecular complexity index is 727. The number of ether oxygens (including phenoxy) is 1. The number of carbonyl (C=O) groups is 1. The number of fused-ring (bicyclic) bond motifs is 1. The van der Waals surface area contributed by atoms with Gasteiger partial charge in [-0.25, -0.2) is 0 Å². The molecule has 0 aromatic heterocycles. The Hall–Kier alpha value is -2.00. The average molecular weight is 344 g/mol. The lowest BCUT2D eigenvalue weighted by Gasteiger charge is -2.19. The topological polar surface area (TPSA) is 38.3 Å². The molecule has 1 aliphatic rings. The maximum absolute atomic E-state index is 12.4. The zero-order valence-corrected chi connectivity index (χ0v) is 14.8. The normalized spacial score (nSPS) is 15.5. The molecule has 3 nitrogen and oxygen atoms in total. The predicted octanol–water partition coefficient (Wildman–Crippen LogP) is 4.47. The van der Waals surface area contributed by atoms with E-state index >= 15 is 0 Å². The van der Waals surface area contributed by atoms with E-state index in [1.165, 1.54) is 24.0 Å². The van der Waals surface area contributed by atoms with Gasteiger partial charge in [-0.05, 0) is 74.1 Å². The smallest absolute Gasteiger partial charge is 0.261 e. The van der Waals surface area contributed by atoms with E-state index < -0.39 is 6.10 Å². The Labute approximate surface area is 148 Å². The van der Waals surface area contributed by atoms with Crippen molar-refractivity contribution in [2.24, 2.45) is 0 Å². The molecular weight excluding hydrogens is 322 g/mol. The maximum Gasteiger partial charge on any atom is 0.261 e. The minimum absolute atomic E-state index is 0.0420. The molecule has 24 heavy (non-hydrogen) atoms. The van der Waals surface area contributed by atoms with E-state index in [4.69, 9.17) is 16.3 Å². The molecule has 2 aromatic rings. The van der Waals surface area contributed by atoms with Crippen molar-refractivity contribution < 1.29 is 9.53 Å². The molecule has 0 heterocycles. The van der Waals surface area contributed by atoms with E-state index in [9.17, 15) is 4.79 Å². The van der Waals surface area contributed by atoms with Gasteiger partial charge in [0.05, 0.1) is 6.04 Å². The number of halogens is 1. The van der Waals surface area contributed by atoms with Gasteiger partial charge in [0.15, 0.2) is 6.10 Å². The summed E-state index contributed by atoms with van der Waals surface area (Å²) in [6.07, 6.45) is 2.97. The molecule has 0 aliphatic heterocycles. The Morgan fingerprint density at radius 1 is 1.08 bits per heavy atom. The number of nitrogens with one attached hydrogen (secondary N) is 1. The Morgan fingerprint density at radius 3 is 2.54 bits per heavy atom. The van der Waals surface area contributed by atoms with Crippen LogP contribution in [-0.2, 0) is 17.6 Å². The molecular formula is C20H22ClNO2. The Balaban J connectivity index is 1.60. The van der Waals surface area contributed by atoms with Gasteiger partial charge in [-0.3, -0.25) is 4.79 Å². The summed E-state index contributed by atoms with van der Waals surface area (Å²) in [5.41, 5.74) is 4.00. The fourth-order valence-electron chi connectivity index (χ4n) is 3.05. The van der Waals surface area contributed by atoms with Gasteiger partial charge in [0.25, 0.3) is 5.91 Å². The summed E-state index contributed by atoms with van der Waals surface area (Å²) in [4.78, 5) is 12.4. The highest BCUT2D eigenvalue weighted by Crippen LogP contribution is 2.25. The van der Waals surface area contributed by atoms with Crippen molar-refractivity contribution in [2.45, 2.75) is 45.3 Å². The zero-order chi connectivity index (χ0) is 17.1. The van der Waals surface area contributed by atoms with Gasteiger partial charge in [0.2, 0.25) is 0 Å². The number of benzene rings is 2. The third-order valence-corrected chi connectivity index (χ3v) is 4.73. The van der Waals surface area contributed by atoms with E-state index in [-0.39, 0.29) is 11.9 Å². The summed E-state index contributed by atoms with van der Waals surface area (Å²) < 4.78 is 5.67. The van der Waals surface area contributed by atoms with Crippen LogP contribution in [0.15, 0.2) is 42.5 Å². The summed E-state index contributed by atoms with van der Waals surface area (Å²) in [5, 5.41) is 3.67. The molecule has 2 atom stereocenters. The van der Waals surface area contributed by atoms with Crippen molar-refractivity contribution in [3.63, 3.8) is 0 Å². The van der Waals surface area contributed by atoms with Gasteiger partial charge in [-0.1, -0.05) is 29.8 Å². The van der Waals surface area contributed by atoms with Crippen molar-refractivity contribution >= 4 is 17.5 Å². The van der Waals surface area contributed by atoms with E-state index in [0.717, 1.165) is 12.0 Å². The van der Waals surface area contributed by atoms with Crippen molar-refractivity contribution in [3.05, 3.63) is 64.2 Å². The number of amides is 1. The van der Waals surface area contributed by atoms with Crippen molar-refractivity contribution in [3.8, 4) is 5.75 Å². The standard InChI is InChI=1S/C20H22ClNO2/c1-13(16-7-6-15-4-3-5-17(15)12-16)22-20(23)14(2)24-19-10-8-18(21)9-11-19/h6-14H,3-5H2,1-2H3,(H,22,23)/t13-,14-/m1/s1. The highest BCUT2D eigenvalue weighted by atomic mass is 35.5. The average Bonchev–Trinajstić information content (AvgIpc) is 3.04. The molecule has 0 unspecified atom stereocenters. The van der Waals surface area contributed by atoms with Gasteiger partial charge in [0, 0.05) is 5.02 Å². The first kappa shape index (κ1) is 16.8. The minimum Gasteiger partial charge on any atom is -0.481 e. The number of aryl methyl sites for hydroxylation is 2. The summed E-state index contributed by atoms with van der Waals surface area (Å²) in [6.45, 7) is 3.75. The second kappa shape index (κ2) is 7.27. The zero-order valence-electron chi connectivity index (χ0n) is 14.0. The van der Waals surface area contributed by atoms with Crippen LogP contribution in [0.5, 0.6) is 5.75 Å². The van der Waals surface area contributed by atoms with Gasteiger partial charge in [-0.15, -0.1) is 0 Å². The summed E-state index contributed by atoms with van der Waals surface area (Å²) in [7, 11) is 0. The Morgan fingerprint density at radius 2 is 1.79 bits per heavy atom. The Kier molecular flexibility index (Phi) is 5.10. The molecule has 0 spiro atoms. The minimum atomic E-state index is -0.567. The fraction of sp³-hybridized carbons (Fsp3) is 0.350. The van der Waals surface area contributed by atoms with Crippen molar-refractivity contribution in [2.75, 3.05) is 0 Å². The van der Waals surface area contributed by atoms with Crippen LogP contribution in [0.1, 0.15) is 43.0 Å². The first-order chi connectivity index (χ1) is 11.5. The highest BCUT2D eigenvalue weighted by molar-refractivity contribution is 6.30.